The fourth-order valence-corrected chi connectivity index (χ4v) is 5.01. The molecule has 0 saturated carbocycles. The lowest BCUT2D eigenvalue weighted by Crippen LogP contribution is -3.00. The van der Waals surface area contributed by atoms with Gasteiger partial charge in [-0.25, -0.2) is 13.1 Å². The number of nitrogens with zero attached hydrogens (tertiary/aromatic N) is 1. The van der Waals surface area contributed by atoms with E-state index in [-0.39, 0.29) is 18.4 Å². The molecule has 1 saturated heterocycles. The molecule has 1 aliphatic rings. The third-order valence-electron chi connectivity index (χ3n) is 5.19. The van der Waals surface area contributed by atoms with Crippen molar-refractivity contribution >= 4 is 20.8 Å². The van der Waals surface area contributed by atoms with Gasteiger partial charge in [-0.2, -0.15) is 0 Å². The predicted molar refractivity (Wildman–Crippen MR) is 109 cm³/mol. The number of likely N-dealkylation sites (tertiary alicyclic amines) is 1. The molecule has 6 heteroatoms. The number of piperidine rings is 1. The minimum absolute atomic E-state index is 0. The summed E-state index contributed by atoms with van der Waals surface area (Å²) in [4.78, 5) is 2.73. The monoisotopic (exact) mass is 415 g/mol. The number of rotatable bonds is 5. The van der Waals surface area contributed by atoms with Crippen LogP contribution in [0, 0.1) is 0 Å². The topological polar surface area (TPSA) is 49.4 Å². The Labute approximate surface area is 173 Å². The van der Waals surface area contributed by atoms with E-state index in [1.807, 2.05) is 36.4 Å². The summed E-state index contributed by atoms with van der Waals surface area (Å²) in [7, 11) is -3.50. The van der Waals surface area contributed by atoms with E-state index in [1.54, 1.807) is 12.1 Å². The molecule has 1 N–H and O–H groups in total. The van der Waals surface area contributed by atoms with Crippen LogP contribution in [-0.4, -0.2) is 32.4 Å². The fourth-order valence-electron chi connectivity index (χ4n) is 3.67. The van der Waals surface area contributed by atoms with Gasteiger partial charge in [0.1, 0.15) is 0 Å². The first-order valence-electron chi connectivity index (χ1n) is 9.38. The number of hydrogen-bond acceptors (Lipinski definition) is 3. The van der Waals surface area contributed by atoms with Crippen molar-refractivity contribution in [2.24, 2.45) is 0 Å². The maximum Gasteiger partial charge on any atom is 0.240 e. The number of halogens is 1. The Kier molecular flexibility index (Phi) is 6.73. The van der Waals surface area contributed by atoms with Gasteiger partial charge in [0.2, 0.25) is 10.0 Å². The Balaban J connectivity index is 0.00000225. The van der Waals surface area contributed by atoms with Crippen molar-refractivity contribution in [1.29, 1.82) is 0 Å². The molecule has 1 heterocycles. The number of benzene rings is 3. The molecular weight excluding hydrogens is 392 g/mol. The highest BCUT2D eigenvalue weighted by atomic mass is 35.5. The van der Waals surface area contributed by atoms with Gasteiger partial charge in [-0.05, 0) is 41.3 Å². The average Bonchev–Trinajstić information content (AvgIpc) is 2.70. The summed E-state index contributed by atoms with van der Waals surface area (Å²) in [6.07, 6.45) is 1.67. The number of nitrogens with one attached hydrogen (secondary N) is 1. The first-order valence-corrected chi connectivity index (χ1v) is 10.9. The van der Waals surface area contributed by atoms with Gasteiger partial charge in [-0.3, -0.25) is 4.90 Å². The van der Waals surface area contributed by atoms with Gasteiger partial charge in [0.15, 0.2) is 0 Å². The van der Waals surface area contributed by atoms with Crippen LogP contribution in [0.5, 0.6) is 0 Å². The Morgan fingerprint density at radius 3 is 2.21 bits per heavy atom. The van der Waals surface area contributed by atoms with Crippen LogP contribution in [0.25, 0.3) is 10.8 Å². The Bertz CT molecular complexity index is 1020. The Hall–Kier alpha value is -1.92. The summed E-state index contributed by atoms with van der Waals surface area (Å²) in [5.41, 5.74) is 1.30. The van der Waals surface area contributed by atoms with E-state index in [1.165, 1.54) is 5.56 Å². The molecule has 4 nitrogen and oxygen atoms in total. The first kappa shape index (κ1) is 20.8. The molecule has 28 heavy (non-hydrogen) atoms. The molecular formula is C22H24ClN2O2S-. The van der Waals surface area contributed by atoms with Crippen molar-refractivity contribution in [3.05, 3.63) is 78.4 Å². The molecule has 0 unspecified atom stereocenters. The molecule has 0 aliphatic carbocycles. The summed E-state index contributed by atoms with van der Waals surface area (Å²) in [6, 6.07) is 23.5. The van der Waals surface area contributed by atoms with Gasteiger partial charge < -0.3 is 12.4 Å². The molecule has 3 aromatic rings. The van der Waals surface area contributed by atoms with E-state index in [2.05, 4.69) is 33.9 Å². The van der Waals surface area contributed by atoms with Crippen molar-refractivity contribution in [2.45, 2.75) is 30.3 Å². The van der Waals surface area contributed by atoms with Crippen LogP contribution in [0.1, 0.15) is 18.4 Å². The maximum absolute atomic E-state index is 12.8. The third-order valence-corrected chi connectivity index (χ3v) is 6.71. The van der Waals surface area contributed by atoms with Gasteiger partial charge in [-0.1, -0.05) is 60.7 Å². The molecule has 3 aromatic carbocycles. The van der Waals surface area contributed by atoms with Gasteiger partial charge in [-0.15, -0.1) is 0 Å². The summed E-state index contributed by atoms with van der Waals surface area (Å²) in [6.45, 7) is 2.73. The summed E-state index contributed by atoms with van der Waals surface area (Å²) in [5.74, 6) is 0. The molecule has 0 amide bonds. The SMILES string of the molecule is O=S(=O)(NC1CCN(Cc2ccccc2)CC1)c1ccc2ccccc2c1.[Cl-]. The van der Waals surface area contributed by atoms with E-state index in [0.29, 0.717) is 4.90 Å². The second-order valence-electron chi connectivity index (χ2n) is 7.17. The standard InChI is InChI=1S/C22H24N2O2S.ClH/c25-27(26,22-11-10-19-8-4-5-9-20(19)16-22)23-21-12-14-24(15-13-21)17-18-6-2-1-3-7-18;/h1-11,16,21,23H,12-15,17H2;1H/p-1. The third kappa shape index (κ3) is 4.92. The Morgan fingerprint density at radius 2 is 1.50 bits per heavy atom. The van der Waals surface area contributed by atoms with Crippen molar-refractivity contribution in [3.63, 3.8) is 0 Å². The van der Waals surface area contributed by atoms with Crippen LogP contribution in [0.2, 0.25) is 0 Å². The number of sulfonamides is 1. The van der Waals surface area contributed by atoms with E-state index >= 15 is 0 Å². The van der Waals surface area contributed by atoms with Crippen LogP contribution in [0.15, 0.2) is 77.7 Å². The van der Waals surface area contributed by atoms with Gasteiger partial charge >= 0.3 is 0 Å². The predicted octanol–water partition coefficient (Wildman–Crippen LogP) is 0.787. The lowest BCUT2D eigenvalue weighted by Gasteiger charge is -2.32. The van der Waals surface area contributed by atoms with Crippen molar-refractivity contribution in [1.82, 2.24) is 9.62 Å². The smallest absolute Gasteiger partial charge is 0.240 e. The average molecular weight is 416 g/mol. The molecule has 0 spiro atoms. The normalized spacial score (nSPS) is 16.0. The van der Waals surface area contributed by atoms with Crippen LogP contribution in [0.4, 0.5) is 0 Å². The zero-order chi connectivity index (χ0) is 18.7. The highest BCUT2D eigenvalue weighted by Gasteiger charge is 2.24. The van der Waals surface area contributed by atoms with Crippen molar-refractivity contribution in [3.8, 4) is 0 Å². The zero-order valence-electron chi connectivity index (χ0n) is 15.6. The summed E-state index contributed by atoms with van der Waals surface area (Å²) < 4.78 is 28.5. The largest absolute Gasteiger partial charge is 1.00 e. The van der Waals surface area contributed by atoms with Crippen LogP contribution in [0.3, 0.4) is 0 Å². The Morgan fingerprint density at radius 1 is 0.857 bits per heavy atom. The highest BCUT2D eigenvalue weighted by molar-refractivity contribution is 7.89. The molecule has 0 bridgehead atoms. The molecule has 148 valence electrons. The van der Waals surface area contributed by atoms with Crippen molar-refractivity contribution in [2.75, 3.05) is 13.1 Å². The van der Waals surface area contributed by atoms with Crippen LogP contribution in [-0.2, 0) is 16.6 Å². The fraction of sp³-hybridized carbons (Fsp3) is 0.273. The highest BCUT2D eigenvalue weighted by Crippen LogP contribution is 2.21. The van der Waals surface area contributed by atoms with Gasteiger partial charge in [0, 0.05) is 25.7 Å². The van der Waals surface area contributed by atoms with E-state index in [0.717, 1.165) is 43.2 Å². The minimum Gasteiger partial charge on any atom is -1.00 e. The lowest BCUT2D eigenvalue weighted by molar-refractivity contribution is -0.00000808. The summed E-state index contributed by atoms with van der Waals surface area (Å²) in [5, 5.41) is 1.99. The summed E-state index contributed by atoms with van der Waals surface area (Å²) >= 11 is 0. The van der Waals surface area contributed by atoms with E-state index < -0.39 is 10.0 Å². The second-order valence-corrected chi connectivity index (χ2v) is 8.88. The van der Waals surface area contributed by atoms with Crippen molar-refractivity contribution < 1.29 is 20.8 Å². The van der Waals surface area contributed by atoms with Gasteiger partial charge in [0.25, 0.3) is 0 Å². The van der Waals surface area contributed by atoms with Crippen LogP contribution < -0.4 is 17.1 Å². The number of fused-ring (bicyclic) bond motifs is 1. The van der Waals surface area contributed by atoms with E-state index in [4.69, 9.17) is 0 Å². The number of hydrogen-bond donors (Lipinski definition) is 1. The lowest BCUT2D eigenvalue weighted by atomic mass is 10.1. The molecule has 0 radical (unpaired) electrons. The quantitative estimate of drug-likeness (QED) is 0.670. The minimum atomic E-state index is -3.50. The zero-order valence-corrected chi connectivity index (χ0v) is 17.2. The molecule has 0 aromatic heterocycles. The maximum atomic E-state index is 12.8. The molecule has 1 aliphatic heterocycles. The van der Waals surface area contributed by atoms with Crippen LogP contribution >= 0.6 is 0 Å². The molecule has 4 rings (SSSR count). The first-order chi connectivity index (χ1) is 13.1. The molecule has 0 atom stereocenters. The molecule has 1 fully saturated rings. The second kappa shape index (κ2) is 9.05. The van der Waals surface area contributed by atoms with Gasteiger partial charge in [0.05, 0.1) is 4.90 Å². The van der Waals surface area contributed by atoms with E-state index in [9.17, 15) is 8.42 Å².